The summed E-state index contributed by atoms with van der Waals surface area (Å²) in [6.07, 6.45) is 1.20. The van der Waals surface area contributed by atoms with E-state index in [1.54, 1.807) is 72.8 Å². The average Bonchev–Trinajstić information content (AvgIpc) is 2.90. The Labute approximate surface area is 204 Å². The standard InChI is InChI=1S/C29H29FNO4/c30-29(23-10-4-1-5-11-23,24-12-6-2-7-13-24)28(33)35-26-20-31(18-16-22(26)17-19-31)21-27(32)34-25-14-8-3-9-15-25/h1-15,22,26H,16-21H2/q+1/t22?,26-,31?/m0/s1. The summed E-state index contributed by atoms with van der Waals surface area (Å²) in [7, 11) is 0. The predicted octanol–water partition coefficient (Wildman–Crippen LogP) is 4.66. The van der Waals surface area contributed by atoms with Crippen molar-refractivity contribution in [2.45, 2.75) is 24.6 Å². The van der Waals surface area contributed by atoms with E-state index in [2.05, 4.69) is 0 Å². The fourth-order valence-corrected chi connectivity index (χ4v) is 5.46. The van der Waals surface area contributed by atoms with Gasteiger partial charge in [-0.05, 0) is 12.1 Å². The van der Waals surface area contributed by atoms with Crippen LogP contribution in [0, 0.1) is 5.92 Å². The van der Waals surface area contributed by atoms with Crippen molar-refractivity contribution in [3.63, 3.8) is 0 Å². The molecular formula is C29H29FNO4+. The molecule has 0 aliphatic carbocycles. The minimum atomic E-state index is -2.41. The van der Waals surface area contributed by atoms with Gasteiger partial charge in [-0.25, -0.2) is 14.0 Å². The van der Waals surface area contributed by atoms with E-state index in [4.69, 9.17) is 9.47 Å². The van der Waals surface area contributed by atoms with Crippen molar-refractivity contribution in [3.8, 4) is 5.75 Å². The van der Waals surface area contributed by atoms with E-state index in [1.165, 1.54) is 0 Å². The van der Waals surface area contributed by atoms with Gasteiger partial charge in [-0.15, -0.1) is 0 Å². The van der Waals surface area contributed by atoms with Gasteiger partial charge in [0.2, 0.25) is 0 Å². The molecule has 0 unspecified atom stereocenters. The van der Waals surface area contributed by atoms with Crippen molar-refractivity contribution in [1.82, 2.24) is 0 Å². The van der Waals surface area contributed by atoms with Gasteiger partial charge in [-0.3, -0.25) is 0 Å². The first-order valence-corrected chi connectivity index (χ1v) is 12.1. The van der Waals surface area contributed by atoms with Crippen molar-refractivity contribution in [3.05, 3.63) is 102 Å². The second-order valence-corrected chi connectivity index (χ2v) is 9.59. The van der Waals surface area contributed by atoms with Crippen LogP contribution >= 0.6 is 0 Å². The molecule has 6 heteroatoms. The molecule has 6 rings (SSSR count). The van der Waals surface area contributed by atoms with Crippen LogP contribution in [0.1, 0.15) is 24.0 Å². The lowest BCUT2D eigenvalue weighted by Gasteiger charge is -2.51. The molecule has 3 fully saturated rings. The zero-order valence-electron chi connectivity index (χ0n) is 19.5. The van der Waals surface area contributed by atoms with Crippen LogP contribution in [0.3, 0.4) is 0 Å². The number of piperidine rings is 3. The van der Waals surface area contributed by atoms with Crippen molar-refractivity contribution in [2.24, 2.45) is 5.92 Å². The average molecular weight is 475 g/mol. The number of carbonyl (C=O) groups excluding carboxylic acids is 2. The van der Waals surface area contributed by atoms with Crippen LogP contribution in [-0.4, -0.2) is 48.7 Å². The largest absolute Gasteiger partial charge is 0.453 e. The number of ether oxygens (including phenoxy) is 2. The van der Waals surface area contributed by atoms with Crippen molar-refractivity contribution < 1.29 is 27.9 Å². The van der Waals surface area contributed by atoms with Crippen LogP contribution in [0.25, 0.3) is 0 Å². The molecule has 0 spiro atoms. The van der Waals surface area contributed by atoms with Gasteiger partial charge in [0.25, 0.3) is 5.67 Å². The third-order valence-corrected chi connectivity index (χ3v) is 7.36. The smallest absolute Gasteiger partial charge is 0.367 e. The molecule has 3 aliphatic rings. The Morgan fingerprint density at radius 1 is 0.829 bits per heavy atom. The summed E-state index contributed by atoms with van der Waals surface area (Å²) in [5.41, 5.74) is -1.92. The first-order chi connectivity index (χ1) is 17.0. The fourth-order valence-electron chi connectivity index (χ4n) is 5.46. The quantitative estimate of drug-likeness (QED) is 0.284. The van der Waals surface area contributed by atoms with Gasteiger partial charge in [-0.1, -0.05) is 78.9 Å². The van der Waals surface area contributed by atoms with E-state index in [1.807, 2.05) is 18.2 Å². The molecule has 0 N–H and O–H groups in total. The maximum absolute atomic E-state index is 16.6. The summed E-state index contributed by atoms with van der Waals surface area (Å²) in [4.78, 5) is 26.2. The van der Waals surface area contributed by atoms with Crippen LogP contribution in [0.15, 0.2) is 91.0 Å². The third kappa shape index (κ3) is 4.71. The van der Waals surface area contributed by atoms with E-state index in [-0.39, 0.29) is 29.6 Å². The number of nitrogens with zero attached hydrogens (tertiary/aromatic N) is 1. The molecule has 0 radical (unpaired) electrons. The minimum absolute atomic E-state index is 0.167. The number of fused-ring (bicyclic) bond motifs is 3. The number of alkyl halides is 1. The number of para-hydroxylation sites is 1. The molecule has 3 aromatic carbocycles. The Balaban J connectivity index is 1.34. The van der Waals surface area contributed by atoms with Crippen molar-refractivity contribution >= 4 is 11.9 Å². The summed E-state index contributed by atoms with van der Waals surface area (Å²) in [6.45, 7) is 2.33. The summed E-state index contributed by atoms with van der Waals surface area (Å²) in [5.74, 6) is -0.535. The van der Waals surface area contributed by atoms with E-state index in [0.717, 1.165) is 25.9 Å². The summed E-state index contributed by atoms with van der Waals surface area (Å²) in [6, 6.07) is 25.9. The lowest BCUT2D eigenvalue weighted by Crippen LogP contribution is -2.66. The number of rotatable bonds is 7. The molecule has 1 atom stereocenters. The van der Waals surface area contributed by atoms with E-state index >= 15 is 4.39 Å². The highest BCUT2D eigenvalue weighted by atomic mass is 19.1. The number of hydrogen-bond acceptors (Lipinski definition) is 4. The molecule has 3 aromatic rings. The number of halogens is 1. The Bertz CT molecular complexity index is 1120. The third-order valence-electron chi connectivity index (χ3n) is 7.36. The SMILES string of the molecule is O=C(C[N+]12CCC(CC1)[C@@H](OC(=O)C(F)(c1ccccc1)c1ccccc1)C2)Oc1ccccc1. The van der Waals surface area contributed by atoms with Crippen LogP contribution in [0.4, 0.5) is 4.39 Å². The zero-order valence-corrected chi connectivity index (χ0v) is 19.5. The van der Waals surface area contributed by atoms with E-state index < -0.39 is 17.7 Å². The van der Waals surface area contributed by atoms with Gasteiger partial charge in [0, 0.05) is 29.9 Å². The molecule has 3 heterocycles. The first kappa shape index (κ1) is 23.2. The molecule has 3 saturated heterocycles. The van der Waals surface area contributed by atoms with Crippen molar-refractivity contribution in [2.75, 3.05) is 26.2 Å². The lowest BCUT2D eigenvalue weighted by atomic mass is 9.82. The first-order valence-electron chi connectivity index (χ1n) is 12.1. The number of esters is 2. The Morgan fingerprint density at radius 2 is 1.34 bits per heavy atom. The maximum Gasteiger partial charge on any atom is 0.367 e. The normalized spacial score (nSPS) is 23.5. The monoisotopic (exact) mass is 474 g/mol. The van der Waals surface area contributed by atoms with Gasteiger partial charge in [-0.2, -0.15) is 0 Å². The molecule has 5 nitrogen and oxygen atoms in total. The highest BCUT2D eigenvalue weighted by Gasteiger charge is 2.52. The van der Waals surface area contributed by atoms with Crippen LogP contribution in [0.5, 0.6) is 5.75 Å². The Morgan fingerprint density at radius 3 is 1.89 bits per heavy atom. The van der Waals surface area contributed by atoms with Crippen LogP contribution in [0.2, 0.25) is 0 Å². The molecule has 3 aliphatic heterocycles. The molecule has 0 amide bonds. The van der Waals surface area contributed by atoms with Crippen LogP contribution in [-0.2, 0) is 20.0 Å². The zero-order chi connectivity index (χ0) is 24.3. The van der Waals surface area contributed by atoms with E-state index in [9.17, 15) is 9.59 Å². The van der Waals surface area contributed by atoms with Gasteiger partial charge in [0.05, 0.1) is 13.1 Å². The fraction of sp³-hybridized carbons (Fsp3) is 0.310. The second-order valence-electron chi connectivity index (χ2n) is 9.59. The van der Waals surface area contributed by atoms with Crippen molar-refractivity contribution in [1.29, 1.82) is 0 Å². The van der Waals surface area contributed by atoms with Crippen LogP contribution < -0.4 is 4.74 Å². The molecule has 35 heavy (non-hydrogen) atoms. The Hall–Kier alpha value is -3.51. The minimum Gasteiger partial charge on any atom is -0.453 e. The summed E-state index contributed by atoms with van der Waals surface area (Å²) < 4.78 is 28.6. The predicted molar refractivity (Wildman–Crippen MR) is 129 cm³/mol. The molecular weight excluding hydrogens is 445 g/mol. The van der Waals surface area contributed by atoms with Gasteiger partial charge in [0.15, 0.2) is 12.6 Å². The maximum atomic E-state index is 16.6. The highest BCUT2D eigenvalue weighted by molar-refractivity contribution is 5.85. The van der Waals surface area contributed by atoms with E-state index in [0.29, 0.717) is 16.8 Å². The number of carbonyl (C=O) groups is 2. The summed E-state index contributed by atoms with van der Waals surface area (Å²) >= 11 is 0. The molecule has 2 bridgehead atoms. The van der Waals surface area contributed by atoms with Gasteiger partial charge in [0.1, 0.15) is 12.3 Å². The topological polar surface area (TPSA) is 52.6 Å². The number of quaternary nitrogens is 1. The Kier molecular flexibility index (Phi) is 6.39. The number of hydrogen-bond donors (Lipinski definition) is 0. The highest BCUT2D eigenvalue weighted by Crippen LogP contribution is 2.40. The summed E-state index contributed by atoms with van der Waals surface area (Å²) in [5, 5.41) is 0. The lowest BCUT2D eigenvalue weighted by molar-refractivity contribution is -0.939. The van der Waals surface area contributed by atoms with Gasteiger partial charge >= 0.3 is 11.9 Å². The number of benzene rings is 3. The van der Waals surface area contributed by atoms with Gasteiger partial charge < -0.3 is 14.0 Å². The molecule has 180 valence electrons. The molecule has 0 aromatic heterocycles. The molecule has 0 saturated carbocycles. The second kappa shape index (κ2) is 9.62.